The summed E-state index contributed by atoms with van der Waals surface area (Å²) in [5, 5.41) is 4.84. The highest BCUT2D eigenvalue weighted by Crippen LogP contribution is 2.23. The number of carbonyl (C=O) groups excluding carboxylic acids is 1. The third-order valence-corrected chi connectivity index (χ3v) is 4.86. The van der Waals surface area contributed by atoms with Gasteiger partial charge in [-0.25, -0.2) is 4.79 Å². The van der Waals surface area contributed by atoms with Crippen LogP contribution in [0.1, 0.15) is 5.56 Å². The lowest BCUT2D eigenvalue weighted by Crippen LogP contribution is -2.30. The molecule has 0 saturated carbocycles. The predicted octanol–water partition coefficient (Wildman–Crippen LogP) is 3.03. The van der Waals surface area contributed by atoms with Crippen LogP contribution in [0.25, 0.3) is 21.7 Å². The number of nitrogens with one attached hydrogen (secondary N) is 1. The van der Waals surface area contributed by atoms with Crippen molar-refractivity contribution >= 4 is 28.3 Å². The Morgan fingerprint density at radius 1 is 1.19 bits per heavy atom. The minimum atomic E-state index is -0.537. The average molecular weight is 365 g/mol. The molecule has 3 heterocycles. The van der Waals surface area contributed by atoms with Gasteiger partial charge in [0.1, 0.15) is 6.54 Å². The molecule has 7 heteroatoms. The number of para-hydroxylation sites is 2. The van der Waals surface area contributed by atoms with Crippen LogP contribution >= 0.6 is 11.3 Å². The zero-order valence-corrected chi connectivity index (χ0v) is 14.5. The number of aromatic nitrogens is 2. The highest BCUT2D eigenvalue weighted by atomic mass is 32.1. The van der Waals surface area contributed by atoms with Crippen molar-refractivity contribution in [3.63, 3.8) is 0 Å². The highest BCUT2D eigenvalue weighted by molar-refractivity contribution is 7.13. The second kappa shape index (κ2) is 6.97. The molecule has 4 rings (SSSR count). The quantitative estimate of drug-likeness (QED) is 0.590. The normalized spacial score (nSPS) is 10.9. The van der Waals surface area contributed by atoms with E-state index in [1.165, 1.54) is 4.57 Å². The number of pyridine rings is 1. The van der Waals surface area contributed by atoms with Gasteiger partial charge in [0.2, 0.25) is 5.91 Å². The van der Waals surface area contributed by atoms with Gasteiger partial charge >= 0.3 is 5.76 Å². The maximum atomic E-state index is 12.3. The summed E-state index contributed by atoms with van der Waals surface area (Å²) in [7, 11) is 0. The lowest BCUT2D eigenvalue weighted by molar-refractivity contribution is -0.121. The van der Waals surface area contributed by atoms with E-state index in [-0.39, 0.29) is 12.5 Å². The molecule has 0 saturated heterocycles. The number of amides is 1. The van der Waals surface area contributed by atoms with Crippen molar-refractivity contribution in [2.45, 2.75) is 13.1 Å². The molecule has 0 aliphatic rings. The first-order chi connectivity index (χ1) is 12.7. The van der Waals surface area contributed by atoms with E-state index in [1.54, 1.807) is 41.8 Å². The molecule has 26 heavy (non-hydrogen) atoms. The summed E-state index contributed by atoms with van der Waals surface area (Å²) < 4.78 is 6.47. The van der Waals surface area contributed by atoms with E-state index in [0.29, 0.717) is 17.6 Å². The molecule has 3 aromatic heterocycles. The van der Waals surface area contributed by atoms with E-state index in [0.717, 1.165) is 16.1 Å². The first kappa shape index (κ1) is 16.3. The number of benzene rings is 1. The summed E-state index contributed by atoms with van der Waals surface area (Å²) in [6.45, 7) is 0.281. The summed E-state index contributed by atoms with van der Waals surface area (Å²) in [5.41, 5.74) is 2.90. The largest absolute Gasteiger partial charge is 0.420 e. The number of nitrogens with zero attached hydrogens (tertiary/aromatic N) is 2. The van der Waals surface area contributed by atoms with Crippen LogP contribution in [0, 0.1) is 0 Å². The Labute approximate surface area is 152 Å². The van der Waals surface area contributed by atoms with Crippen molar-refractivity contribution in [2.75, 3.05) is 0 Å². The van der Waals surface area contributed by atoms with Crippen molar-refractivity contribution in [1.82, 2.24) is 14.9 Å². The molecule has 0 fully saturated rings. The maximum Gasteiger partial charge on any atom is 0.420 e. The van der Waals surface area contributed by atoms with E-state index in [4.69, 9.17) is 4.42 Å². The molecule has 1 aromatic carbocycles. The molecule has 0 atom stereocenters. The van der Waals surface area contributed by atoms with E-state index in [1.807, 2.05) is 29.6 Å². The minimum absolute atomic E-state index is 0.0846. The zero-order valence-electron chi connectivity index (χ0n) is 13.7. The van der Waals surface area contributed by atoms with Crippen LogP contribution in [0.4, 0.5) is 0 Å². The Hall–Kier alpha value is -3.19. The van der Waals surface area contributed by atoms with Crippen LogP contribution in [-0.4, -0.2) is 15.5 Å². The van der Waals surface area contributed by atoms with Crippen LogP contribution in [-0.2, 0) is 17.9 Å². The molecule has 0 unspecified atom stereocenters. The fourth-order valence-corrected chi connectivity index (χ4v) is 3.40. The van der Waals surface area contributed by atoms with Crippen LogP contribution in [0.15, 0.2) is 69.3 Å². The molecule has 130 valence electrons. The third-order valence-electron chi connectivity index (χ3n) is 3.96. The van der Waals surface area contributed by atoms with Gasteiger partial charge in [-0.2, -0.15) is 0 Å². The second-order valence-corrected chi connectivity index (χ2v) is 6.67. The van der Waals surface area contributed by atoms with Crippen molar-refractivity contribution in [1.29, 1.82) is 0 Å². The number of rotatable bonds is 5. The Kier molecular flexibility index (Phi) is 4.37. The number of hydrogen-bond acceptors (Lipinski definition) is 5. The lowest BCUT2D eigenvalue weighted by atomic mass is 10.2. The molecule has 1 amide bonds. The third kappa shape index (κ3) is 3.29. The van der Waals surface area contributed by atoms with E-state index in [9.17, 15) is 9.59 Å². The van der Waals surface area contributed by atoms with E-state index < -0.39 is 5.76 Å². The number of carbonyl (C=O) groups is 1. The van der Waals surface area contributed by atoms with Crippen LogP contribution < -0.4 is 11.1 Å². The predicted molar refractivity (Wildman–Crippen MR) is 99.9 cm³/mol. The van der Waals surface area contributed by atoms with Crippen molar-refractivity contribution < 1.29 is 9.21 Å². The summed E-state index contributed by atoms with van der Waals surface area (Å²) in [6.07, 6.45) is 1.73. The number of thiophene rings is 1. The molecule has 0 radical (unpaired) electrons. The standard InChI is InChI=1S/C19H15N3O3S/c23-18(12-22-15-4-1-2-5-16(15)25-19(22)24)21-11-13-7-8-20-14(10-13)17-6-3-9-26-17/h1-10H,11-12H2,(H,21,23). The monoisotopic (exact) mass is 365 g/mol. The van der Waals surface area contributed by atoms with E-state index >= 15 is 0 Å². The molecule has 0 spiro atoms. The fourth-order valence-electron chi connectivity index (χ4n) is 2.71. The van der Waals surface area contributed by atoms with Gasteiger partial charge in [-0.05, 0) is 41.3 Å². The molecular weight excluding hydrogens is 350 g/mol. The smallest absolute Gasteiger partial charge is 0.408 e. The molecule has 0 aliphatic heterocycles. The molecule has 6 nitrogen and oxygen atoms in total. The van der Waals surface area contributed by atoms with Crippen molar-refractivity contribution in [3.8, 4) is 10.6 Å². The average Bonchev–Trinajstić information content (AvgIpc) is 3.29. The topological polar surface area (TPSA) is 77.1 Å². The number of hydrogen-bond donors (Lipinski definition) is 1. The molecule has 0 aliphatic carbocycles. The van der Waals surface area contributed by atoms with Gasteiger partial charge in [-0.15, -0.1) is 11.3 Å². The summed E-state index contributed by atoms with van der Waals surface area (Å²) >= 11 is 1.62. The first-order valence-electron chi connectivity index (χ1n) is 8.04. The zero-order chi connectivity index (χ0) is 17.9. The molecule has 1 N–H and O–H groups in total. The van der Waals surface area contributed by atoms with Crippen LogP contribution in [0.5, 0.6) is 0 Å². The lowest BCUT2D eigenvalue weighted by Gasteiger charge is -2.07. The number of fused-ring (bicyclic) bond motifs is 1. The minimum Gasteiger partial charge on any atom is -0.408 e. The van der Waals surface area contributed by atoms with Crippen LogP contribution in [0.3, 0.4) is 0 Å². The summed E-state index contributed by atoms with van der Waals surface area (Å²) in [6, 6.07) is 14.8. The summed E-state index contributed by atoms with van der Waals surface area (Å²) in [5.74, 6) is -0.793. The molecular formula is C19H15N3O3S. The van der Waals surface area contributed by atoms with Crippen LogP contribution in [0.2, 0.25) is 0 Å². The summed E-state index contributed by atoms with van der Waals surface area (Å²) in [4.78, 5) is 29.6. The molecule has 0 bridgehead atoms. The Morgan fingerprint density at radius 2 is 2.08 bits per heavy atom. The van der Waals surface area contributed by atoms with Gasteiger partial charge < -0.3 is 9.73 Å². The van der Waals surface area contributed by atoms with Gasteiger partial charge in [0.15, 0.2) is 5.58 Å². The van der Waals surface area contributed by atoms with Crippen molar-refractivity contribution in [3.05, 3.63) is 76.2 Å². The SMILES string of the molecule is O=C(Cn1c(=O)oc2ccccc21)NCc1ccnc(-c2cccs2)c1. The van der Waals surface area contributed by atoms with Gasteiger partial charge in [-0.1, -0.05) is 18.2 Å². The molecule has 4 aromatic rings. The maximum absolute atomic E-state index is 12.3. The Balaban J connectivity index is 1.45. The number of oxazole rings is 1. The van der Waals surface area contributed by atoms with Gasteiger partial charge in [0.25, 0.3) is 0 Å². The Bertz CT molecular complexity index is 1110. The highest BCUT2D eigenvalue weighted by Gasteiger charge is 2.12. The van der Waals surface area contributed by atoms with Gasteiger partial charge in [0, 0.05) is 12.7 Å². The van der Waals surface area contributed by atoms with Gasteiger partial charge in [-0.3, -0.25) is 14.3 Å². The Morgan fingerprint density at radius 3 is 2.92 bits per heavy atom. The first-order valence-corrected chi connectivity index (χ1v) is 8.92. The van der Waals surface area contributed by atoms with Crippen molar-refractivity contribution in [2.24, 2.45) is 0 Å². The van der Waals surface area contributed by atoms with Gasteiger partial charge in [0.05, 0.1) is 16.1 Å². The fraction of sp³-hybridized carbons (Fsp3) is 0.105. The van der Waals surface area contributed by atoms with E-state index in [2.05, 4.69) is 10.3 Å². The second-order valence-electron chi connectivity index (χ2n) is 5.73.